The van der Waals surface area contributed by atoms with Crippen molar-refractivity contribution in [2.24, 2.45) is 0 Å². The first-order chi connectivity index (χ1) is 8.24. The molecule has 0 aliphatic carbocycles. The molecule has 17 heavy (non-hydrogen) atoms. The van der Waals surface area contributed by atoms with Gasteiger partial charge in [-0.15, -0.1) is 0 Å². The molecule has 1 aromatic rings. The van der Waals surface area contributed by atoms with Gasteiger partial charge in [0, 0.05) is 17.9 Å². The van der Waals surface area contributed by atoms with Gasteiger partial charge in [-0.05, 0) is 37.1 Å². The summed E-state index contributed by atoms with van der Waals surface area (Å²) in [6, 6.07) is 5.79. The van der Waals surface area contributed by atoms with Crippen molar-refractivity contribution in [3.8, 4) is 5.75 Å². The van der Waals surface area contributed by atoms with Crippen LogP contribution in [0.25, 0.3) is 0 Å². The summed E-state index contributed by atoms with van der Waals surface area (Å²) in [5.74, 6) is 0.0341. The van der Waals surface area contributed by atoms with Gasteiger partial charge in [-0.3, -0.25) is 4.90 Å². The van der Waals surface area contributed by atoms with Crippen LogP contribution in [-0.4, -0.2) is 29.9 Å². The van der Waals surface area contributed by atoms with E-state index < -0.39 is 0 Å². The minimum absolute atomic E-state index is 0.278. The summed E-state index contributed by atoms with van der Waals surface area (Å²) >= 11 is 3.53. The van der Waals surface area contributed by atoms with Gasteiger partial charge in [-0.25, -0.2) is 4.39 Å². The van der Waals surface area contributed by atoms with Crippen LogP contribution in [0.4, 0.5) is 4.39 Å². The largest absolute Gasteiger partial charge is 0.494 e. The number of nitrogens with zero attached hydrogens (tertiary/aromatic N) is 1. The summed E-state index contributed by atoms with van der Waals surface area (Å²) in [6.07, 6.45) is 2.46. The second kappa shape index (κ2) is 5.83. The first-order valence-corrected chi connectivity index (χ1v) is 6.99. The third-order valence-corrected chi connectivity index (χ3v) is 4.03. The molecule has 0 N–H and O–H groups in total. The lowest BCUT2D eigenvalue weighted by molar-refractivity contribution is 0.264. The highest BCUT2D eigenvalue weighted by molar-refractivity contribution is 9.09. The molecule has 4 heteroatoms. The van der Waals surface area contributed by atoms with Crippen LogP contribution in [0, 0.1) is 5.82 Å². The number of hydrogen-bond donors (Lipinski definition) is 0. The average molecular weight is 302 g/mol. The predicted molar refractivity (Wildman–Crippen MR) is 70.2 cm³/mol. The normalized spacial score (nSPS) is 20.8. The number of rotatable bonds is 4. The maximum Gasteiger partial charge on any atom is 0.165 e. The van der Waals surface area contributed by atoms with Crippen molar-refractivity contribution < 1.29 is 9.13 Å². The van der Waals surface area contributed by atoms with E-state index in [4.69, 9.17) is 4.74 Å². The average Bonchev–Trinajstić information content (AvgIpc) is 2.76. The molecular weight excluding hydrogens is 285 g/mol. The van der Waals surface area contributed by atoms with Crippen molar-refractivity contribution in [3.63, 3.8) is 0 Å². The number of likely N-dealkylation sites (tertiary alicyclic amines) is 1. The third kappa shape index (κ3) is 2.99. The van der Waals surface area contributed by atoms with Crippen LogP contribution in [-0.2, 0) is 6.54 Å². The number of alkyl halides is 1. The van der Waals surface area contributed by atoms with E-state index in [0.717, 1.165) is 24.0 Å². The molecule has 1 heterocycles. The summed E-state index contributed by atoms with van der Waals surface area (Å²) in [5.41, 5.74) is 1.01. The third-order valence-electron chi connectivity index (χ3n) is 3.28. The maximum absolute atomic E-state index is 13.6. The van der Waals surface area contributed by atoms with Crippen LogP contribution in [0.15, 0.2) is 18.2 Å². The molecule has 1 unspecified atom stereocenters. The zero-order chi connectivity index (χ0) is 12.3. The topological polar surface area (TPSA) is 12.5 Å². The van der Waals surface area contributed by atoms with Crippen LogP contribution in [0.5, 0.6) is 5.75 Å². The van der Waals surface area contributed by atoms with Crippen LogP contribution >= 0.6 is 15.9 Å². The standard InChI is InChI=1S/C13H17BrFNO/c1-17-13-5-4-10(7-12(13)15)9-16-6-2-3-11(16)8-14/h4-5,7,11H,2-3,6,8-9H2,1H3. The van der Waals surface area contributed by atoms with Gasteiger partial charge >= 0.3 is 0 Å². The second-order valence-corrected chi connectivity index (χ2v) is 5.04. The highest BCUT2D eigenvalue weighted by Crippen LogP contribution is 2.23. The lowest BCUT2D eigenvalue weighted by Gasteiger charge is -2.22. The number of benzene rings is 1. The van der Waals surface area contributed by atoms with Gasteiger partial charge in [-0.1, -0.05) is 22.0 Å². The lowest BCUT2D eigenvalue weighted by Crippen LogP contribution is -2.29. The number of halogens is 2. The summed E-state index contributed by atoms with van der Waals surface area (Å²) in [4.78, 5) is 2.40. The minimum atomic E-state index is -0.278. The summed E-state index contributed by atoms with van der Waals surface area (Å²) in [5, 5.41) is 0.992. The molecule has 1 atom stereocenters. The molecule has 2 rings (SSSR count). The van der Waals surface area contributed by atoms with Crippen molar-refractivity contribution in [1.82, 2.24) is 4.90 Å². The van der Waals surface area contributed by atoms with Crippen LogP contribution in [0.1, 0.15) is 18.4 Å². The molecule has 1 aliphatic rings. The quantitative estimate of drug-likeness (QED) is 0.792. The van der Waals surface area contributed by atoms with E-state index >= 15 is 0 Å². The fraction of sp³-hybridized carbons (Fsp3) is 0.538. The SMILES string of the molecule is COc1ccc(CN2CCCC2CBr)cc1F. The van der Waals surface area contributed by atoms with Crippen molar-refractivity contribution in [3.05, 3.63) is 29.6 Å². The molecule has 0 amide bonds. The van der Waals surface area contributed by atoms with Crippen LogP contribution in [0.2, 0.25) is 0 Å². The molecule has 94 valence electrons. The molecule has 1 fully saturated rings. The van der Waals surface area contributed by atoms with Gasteiger partial charge in [0.05, 0.1) is 7.11 Å². The smallest absolute Gasteiger partial charge is 0.165 e. The highest BCUT2D eigenvalue weighted by Gasteiger charge is 2.23. The Morgan fingerprint density at radius 3 is 3.00 bits per heavy atom. The predicted octanol–water partition coefficient (Wildman–Crippen LogP) is 3.19. The van der Waals surface area contributed by atoms with E-state index in [9.17, 15) is 4.39 Å². The van der Waals surface area contributed by atoms with Crippen LogP contribution in [0.3, 0.4) is 0 Å². The monoisotopic (exact) mass is 301 g/mol. The van der Waals surface area contributed by atoms with Gasteiger partial charge < -0.3 is 4.74 Å². The number of methoxy groups -OCH3 is 1. The Morgan fingerprint density at radius 2 is 2.35 bits per heavy atom. The molecule has 0 saturated carbocycles. The zero-order valence-electron chi connectivity index (χ0n) is 9.96. The van der Waals surface area contributed by atoms with Crippen molar-refractivity contribution in [2.75, 3.05) is 19.0 Å². The molecule has 1 aromatic carbocycles. The molecule has 1 aliphatic heterocycles. The van der Waals surface area contributed by atoms with Gasteiger partial charge in [0.25, 0.3) is 0 Å². The van der Waals surface area contributed by atoms with Crippen LogP contribution < -0.4 is 4.74 Å². The molecule has 0 radical (unpaired) electrons. The summed E-state index contributed by atoms with van der Waals surface area (Å²) in [7, 11) is 1.49. The Morgan fingerprint density at radius 1 is 1.53 bits per heavy atom. The van der Waals surface area contributed by atoms with Crippen molar-refractivity contribution >= 4 is 15.9 Å². The molecule has 0 spiro atoms. The lowest BCUT2D eigenvalue weighted by atomic mass is 10.2. The minimum Gasteiger partial charge on any atom is -0.494 e. The van der Waals surface area contributed by atoms with Crippen molar-refractivity contribution in [2.45, 2.75) is 25.4 Å². The van der Waals surface area contributed by atoms with Crippen molar-refractivity contribution in [1.29, 1.82) is 0 Å². The molecule has 2 nitrogen and oxygen atoms in total. The molecule has 0 bridgehead atoms. The van der Waals surface area contributed by atoms with E-state index in [2.05, 4.69) is 20.8 Å². The molecule has 1 saturated heterocycles. The summed E-state index contributed by atoms with van der Waals surface area (Å²) in [6.45, 7) is 1.92. The van der Waals surface area contributed by atoms with E-state index in [1.54, 1.807) is 12.1 Å². The molecular formula is C13H17BrFNO. The Balaban J connectivity index is 2.05. The van der Waals surface area contributed by atoms with E-state index in [1.165, 1.54) is 20.0 Å². The Bertz CT molecular complexity index is 386. The van der Waals surface area contributed by atoms with Gasteiger partial charge in [0.2, 0.25) is 0 Å². The Labute approximate surface area is 110 Å². The fourth-order valence-electron chi connectivity index (χ4n) is 2.32. The number of ether oxygens (including phenoxy) is 1. The fourth-order valence-corrected chi connectivity index (χ4v) is 3.05. The van der Waals surface area contributed by atoms with Gasteiger partial charge in [0.1, 0.15) is 0 Å². The van der Waals surface area contributed by atoms with E-state index in [-0.39, 0.29) is 5.82 Å². The Kier molecular flexibility index (Phi) is 4.40. The second-order valence-electron chi connectivity index (χ2n) is 4.39. The van der Waals surface area contributed by atoms with E-state index in [0.29, 0.717) is 11.8 Å². The zero-order valence-corrected chi connectivity index (χ0v) is 11.5. The maximum atomic E-state index is 13.6. The number of hydrogen-bond acceptors (Lipinski definition) is 2. The first-order valence-electron chi connectivity index (χ1n) is 5.87. The van der Waals surface area contributed by atoms with Gasteiger partial charge in [0.15, 0.2) is 11.6 Å². The Hall–Kier alpha value is -0.610. The summed E-state index contributed by atoms with van der Waals surface area (Å²) < 4.78 is 18.5. The molecule has 0 aromatic heterocycles. The van der Waals surface area contributed by atoms with Gasteiger partial charge in [-0.2, -0.15) is 0 Å². The van der Waals surface area contributed by atoms with E-state index in [1.807, 2.05) is 6.07 Å². The first kappa shape index (κ1) is 12.8. The highest BCUT2D eigenvalue weighted by atomic mass is 79.9.